The number of hydrogen-bond donors (Lipinski definition) is 3. The number of carbonyl (C=O) groups excluding carboxylic acids is 1. The van der Waals surface area contributed by atoms with Gasteiger partial charge in [-0.3, -0.25) is 4.79 Å². The highest BCUT2D eigenvalue weighted by Gasteiger charge is 2.31. The van der Waals surface area contributed by atoms with Crippen LogP contribution in [0, 0.1) is 0 Å². The van der Waals surface area contributed by atoms with Crippen LogP contribution >= 0.6 is 23.2 Å². The van der Waals surface area contributed by atoms with Gasteiger partial charge in [-0.1, -0.05) is 47.5 Å². The summed E-state index contributed by atoms with van der Waals surface area (Å²) in [5.74, 6) is 0.522. The molecule has 0 saturated carbocycles. The molecule has 1 saturated heterocycles. The van der Waals surface area contributed by atoms with Crippen molar-refractivity contribution in [1.29, 1.82) is 0 Å². The molecule has 8 heteroatoms. The van der Waals surface area contributed by atoms with Crippen LogP contribution in [0.15, 0.2) is 47.6 Å². The maximum absolute atomic E-state index is 12.3. The van der Waals surface area contributed by atoms with Crippen LogP contribution in [0.3, 0.4) is 0 Å². The highest BCUT2D eigenvalue weighted by molar-refractivity contribution is 6.38. The van der Waals surface area contributed by atoms with Crippen molar-refractivity contribution < 1.29 is 9.53 Å². The molecule has 0 spiro atoms. The lowest BCUT2D eigenvalue weighted by Crippen LogP contribution is -2.41. The molecule has 2 aromatic rings. The first-order chi connectivity index (χ1) is 12.6. The summed E-state index contributed by atoms with van der Waals surface area (Å²) in [6, 6.07) is 12.4. The van der Waals surface area contributed by atoms with Gasteiger partial charge in [-0.2, -0.15) is 5.10 Å². The second-order valence-corrected chi connectivity index (χ2v) is 6.56. The second-order valence-electron chi connectivity index (χ2n) is 5.74. The van der Waals surface area contributed by atoms with Crippen LogP contribution in [-0.4, -0.2) is 25.3 Å². The molecular weight excluding hydrogens is 375 g/mol. The van der Waals surface area contributed by atoms with Gasteiger partial charge in [-0.15, -0.1) is 0 Å². The predicted octanol–water partition coefficient (Wildman–Crippen LogP) is 3.06. The molecule has 26 heavy (non-hydrogen) atoms. The normalized spacial score (nSPS) is 19.7. The molecule has 0 radical (unpaired) electrons. The molecule has 0 bridgehead atoms. The Balaban J connectivity index is 1.61. The van der Waals surface area contributed by atoms with Crippen molar-refractivity contribution in [3.05, 3.63) is 63.6 Å². The Morgan fingerprint density at radius 2 is 1.92 bits per heavy atom. The molecule has 2 aromatic carbocycles. The predicted molar refractivity (Wildman–Crippen MR) is 103 cm³/mol. The third-order valence-electron chi connectivity index (χ3n) is 4.10. The van der Waals surface area contributed by atoms with Crippen LogP contribution in [0.5, 0.6) is 5.75 Å². The topological polar surface area (TPSA) is 74.8 Å². The highest BCUT2D eigenvalue weighted by atomic mass is 35.5. The number of halogens is 2. The summed E-state index contributed by atoms with van der Waals surface area (Å²) in [5, 5.41) is 4.88. The molecule has 2 unspecified atom stereocenters. The minimum Gasteiger partial charge on any atom is -0.496 e. The third kappa shape index (κ3) is 4.16. The quantitative estimate of drug-likeness (QED) is 0.539. The van der Waals surface area contributed by atoms with Crippen molar-refractivity contribution in [3.8, 4) is 5.75 Å². The number of rotatable bonds is 5. The number of para-hydroxylation sites is 1. The number of nitrogens with one attached hydrogen (secondary N) is 3. The molecule has 2 atom stereocenters. The zero-order valence-electron chi connectivity index (χ0n) is 14.0. The van der Waals surface area contributed by atoms with E-state index in [1.165, 1.54) is 6.21 Å². The van der Waals surface area contributed by atoms with Crippen LogP contribution < -0.4 is 21.0 Å². The third-order valence-corrected chi connectivity index (χ3v) is 4.76. The lowest BCUT2D eigenvalue weighted by Gasteiger charge is -2.13. The Labute approximate surface area is 161 Å². The van der Waals surface area contributed by atoms with Gasteiger partial charge in [0.05, 0.1) is 29.4 Å². The number of methoxy groups -OCH3 is 1. The van der Waals surface area contributed by atoms with E-state index < -0.39 is 6.04 Å². The summed E-state index contributed by atoms with van der Waals surface area (Å²) in [6.07, 6.45) is 2.00. The van der Waals surface area contributed by atoms with Gasteiger partial charge in [0.25, 0.3) is 5.91 Å². The largest absolute Gasteiger partial charge is 0.496 e. The van der Waals surface area contributed by atoms with E-state index in [0.29, 0.717) is 22.0 Å². The summed E-state index contributed by atoms with van der Waals surface area (Å²) in [6.45, 7) is 0. The van der Waals surface area contributed by atoms with Crippen LogP contribution in [0.2, 0.25) is 10.0 Å². The SMILES string of the molecule is COc1ccccc1C1CC(C(=O)N/N=C/c2c(Cl)cccc2Cl)NN1. The summed E-state index contributed by atoms with van der Waals surface area (Å²) < 4.78 is 5.37. The van der Waals surface area contributed by atoms with Gasteiger partial charge in [0, 0.05) is 11.1 Å². The zero-order valence-corrected chi connectivity index (χ0v) is 15.5. The van der Waals surface area contributed by atoms with E-state index >= 15 is 0 Å². The van der Waals surface area contributed by atoms with Crippen molar-refractivity contribution in [1.82, 2.24) is 16.3 Å². The van der Waals surface area contributed by atoms with Gasteiger partial charge in [0.1, 0.15) is 11.8 Å². The number of hydrazone groups is 1. The van der Waals surface area contributed by atoms with Gasteiger partial charge in [0.15, 0.2) is 0 Å². The van der Waals surface area contributed by atoms with Gasteiger partial charge >= 0.3 is 0 Å². The minimum absolute atomic E-state index is 0.0381. The summed E-state index contributed by atoms with van der Waals surface area (Å²) in [4.78, 5) is 12.3. The molecular formula is C18H18Cl2N4O2. The molecule has 0 aromatic heterocycles. The van der Waals surface area contributed by atoms with Crippen LogP contribution in [0.4, 0.5) is 0 Å². The lowest BCUT2D eigenvalue weighted by molar-refractivity contribution is -0.122. The van der Waals surface area contributed by atoms with E-state index in [4.69, 9.17) is 27.9 Å². The van der Waals surface area contributed by atoms with Crippen molar-refractivity contribution >= 4 is 35.3 Å². The number of amides is 1. The first-order valence-corrected chi connectivity index (χ1v) is 8.76. The molecule has 3 N–H and O–H groups in total. The second kappa shape index (κ2) is 8.51. The number of hydrazine groups is 1. The van der Waals surface area contributed by atoms with Crippen molar-refractivity contribution in [2.24, 2.45) is 5.10 Å². The fourth-order valence-electron chi connectivity index (χ4n) is 2.76. The highest BCUT2D eigenvalue weighted by Crippen LogP contribution is 2.29. The number of ether oxygens (including phenoxy) is 1. The summed E-state index contributed by atoms with van der Waals surface area (Å²) in [7, 11) is 1.62. The molecule has 1 fully saturated rings. The van der Waals surface area contributed by atoms with Crippen LogP contribution in [-0.2, 0) is 4.79 Å². The smallest absolute Gasteiger partial charge is 0.258 e. The molecule has 1 amide bonds. The van der Waals surface area contributed by atoms with E-state index in [1.807, 2.05) is 24.3 Å². The summed E-state index contributed by atoms with van der Waals surface area (Å²) in [5.41, 5.74) is 10.2. The van der Waals surface area contributed by atoms with Crippen LogP contribution in [0.25, 0.3) is 0 Å². The van der Waals surface area contributed by atoms with E-state index in [0.717, 1.165) is 11.3 Å². The van der Waals surface area contributed by atoms with Gasteiger partial charge in [-0.25, -0.2) is 16.3 Å². The van der Waals surface area contributed by atoms with Gasteiger partial charge in [0.2, 0.25) is 0 Å². The first-order valence-electron chi connectivity index (χ1n) is 8.01. The van der Waals surface area contributed by atoms with E-state index in [1.54, 1.807) is 25.3 Å². The molecule has 1 aliphatic heterocycles. The lowest BCUT2D eigenvalue weighted by atomic mass is 10.0. The Bertz CT molecular complexity index is 808. The average molecular weight is 393 g/mol. The van der Waals surface area contributed by atoms with E-state index in [2.05, 4.69) is 21.4 Å². The number of hydrogen-bond acceptors (Lipinski definition) is 5. The fourth-order valence-corrected chi connectivity index (χ4v) is 3.25. The van der Waals surface area contributed by atoms with Crippen LogP contribution in [0.1, 0.15) is 23.6 Å². The molecule has 136 valence electrons. The fraction of sp³-hybridized carbons (Fsp3) is 0.222. The summed E-state index contributed by atoms with van der Waals surface area (Å²) >= 11 is 12.1. The Morgan fingerprint density at radius 3 is 2.65 bits per heavy atom. The molecule has 1 heterocycles. The maximum atomic E-state index is 12.3. The Morgan fingerprint density at radius 1 is 1.19 bits per heavy atom. The number of nitrogens with zero attached hydrogens (tertiary/aromatic N) is 1. The van der Waals surface area contributed by atoms with Gasteiger partial charge < -0.3 is 4.74 Å². The Kier molecular flexibility index (Phi) is 6.11. The number of benzene rings is 2. The minimum atomic E-state index is -0.427. The molecule has 0 aliphatic carbocycles. The maximum Gasteiger partial charge on any atom is 0.258 e. The molecule has 6 nitrogen and oxygen atoms in total. The zero-order chi connectivity index (χ0) is 18.5. The van der Waals surface area contributed by atoms with Crippen molar-refractivity contribution in [3.63, 3.8) is 0 Å². The van der Waals surface area contributed by atoms with Crippen molar-refractivity contribution in [2.45, 2.75) is 18.5 Å². The van der Waals surface area contributed by atoms with Gasteiger partial charge in [-0.05, 0) is 24.6 Å². The van der Waals surface area contributed by atoms with Crippen molar-refractivity contribution in [2.75, 3.05) is 7.11 Å². The Hall–Kier alpha value is -2.12. The molecule has 1 aliphatic rings. The number of carbonyl (C=O) groups is 1. The standard InChI is InChI=1S/C18H18Cl2N4O2/c1-26-17-8-3-2-5-11(17)15-9-16(23-22-15)18(25)24-21-10-12-13(19)6-4-7-14(12)20/h2-8,10,15-16,22-23H,9H2,1H3,(H,24,25)/b21-10+. The average Bonchev–Trinajstić information content (AvgIpc) is 3.14. The van der Waals surface area contributed by atoms with E-state index in [9.17, 15) is 4.79 Å². The first kappa shape index (κ1) is 18.7. The monoisotopic (exact) mass is 392 g/mol. The molecule has 3 rings (SSSR count). The van der Waals surface area contributed by atoms with E-state index in [-0.39, 0.29) is 11.9 Å².